The second-order valence-electron chi connectivity index (χ2n) is 5.15. The van der Waals surface area contributed by atoms with E-state index in [0.717, 1.165) is 6.21 Å². The standard InChI is InChI=1S/C15H23N5O6S2/c1-3-16-20-13(23)5-4-12(15(25)26)18-14(24)9-28-27-7-6-11(22)8-17-19-10(2)21/h3,8,12H,4-7,9H2,1-2H3,(H,18,24)(H,19,21)(H,20,23)(H,25,26)/b16-3+,17-8+. The SMILES string of the molecule is C/C=N/NC(=O)CCC(NC(=O)CSSCCC(=O)/C=N/NC(C)=O)C(=O)O. The number of hydrogen-bond donors (Lipinski definition) is 4. The van der Waals surface area contributed by atoms with E-state index in [-0.39, 0.29) is 36.7 Å². The molecule has 28 heavy (non-hydrogen) atoms. The fourth-order valence-corrected chi connectivity index (χ4v) is 3.37. The molecule has 0 fully saturated rings. The highest BCUT2D eigenvalue weighted by atomic mass is 33.1. The molecule has 0 saturated heterocycles. The van der Waals surface area contributed by atoms with Crippen molar-refractivity contribution >= 4 is 63.5 Å². The van der Waals surface area contributed by atoms with Gasteiger partial charge in [0.1, 0.15) is 6.04 Å². The Kier molecular flexibility index (Phi) is 14.3. The van der Waals surface area contributed by atoms with Crippen LogP contribution in [-0.4, -0.2) is 64.6 Å². The molecule has 0 aromatic heterocycles. The molecule has 0 rings (SSSR count). The molecule has 1 unspecified atom stereocenters. The number of ketones is 1. The molecule has 0 aliphatic rings. The van der Waals surface area contributed by atoms with Gasteiger partial charge in [-0.25, -0.2) is 15.6 Å². The third-order valence-electron chi connectivity index (χ3n) is 2.75. The van der Waals surface area contributed by atoms with Crippen molar-refractivity contribution in [3.05, 3.63) is 0 Å². The summed E-state index contributed by atoms with van der Waals surface area (Å²) >= 11 is 0. The van der Waals surface area contributed by atoms with E-state index < -0.39 is 23.8 Å². The molecule has 0 radical (unpaired) electrons. The highest BCUT2D eigenvalue weighted by Crippen LogP contribution is 2.21. The van der Waals surface area contributed by atoms with Crippen LogP contribution in [0.4, 0.5) is 0 Å². The molecule has 0 spiro atoms. The molecular formula is C15H23N5O6S2. The lowest BCUT2D eigenvalue weighted by Crippen LogP contribution is -2.42. The van der Waals surface area contributed by atoms with E-state index in [9.17, 15) is 24.0 Å². The summed E-state index contributed by atoms with van der Waals surface area (Å²) in [5.41, 5.74) is 4.33. The van der Waals surface area contributed by atoms with E-state index in [2.05, 4.69) is 26.4 Å². The average Bonchev–Trinajstić information content (AvgIpc) is 2.62. The zero-order valence-corrected chi connectivity index (χ0v) is 17.1. The van der Waals surface area contributed by atoms with Crippen LogP contribution < -0.4 is 16.2 Å². The van der Waals surface area contributed by atoms with Crippen molar-refractivity contribution in [3.8, 4) is 0 Å². The Morgan fingerprint density at radius 2 is 1.75 bits per heavy atom. The van der Waals surface area contributed by atoms with Crippen LogP contribution in [0.1, 0.15) is 33.1 Å². The van der Waals surface area contributed by atoms with Gasteiger partial charge in [-0.1, -0.05) is 21.6 Å². The van der Waals surface area contributed by atoms with Crippen LogP contribution in [0, 0.1) is 0 Å². The maximum atomic E-state index is 11.8. The van der Waals surface area contributed by atoms with Gasteiger partial charge in [0, 0.05) is 31.7 Å². The molecule has 0 aliphatic heterocycles. The predicted octanol–water partition coefficient (Wildman–Crippen LogP) is -0.0796. The molecule has 0 aromatic carbocycles. The lowest BCUT2D eigenvalue weighted by Gasteiger charge is -2.13. The van der Waals surface area contributed by atoms with Crippen molar-refractivity contribution in [1.29, 1.82) is 0 Å². The maximum absolute atomic E-state index is 11.8. The van der Waals surface area contributed by atoms with Crippen LogP contribution in [0.2, 0.25) is 0 Å². The maximum Gasteiger partial charge on any atom is 0.326 e. The van der Waals surface area contributed by atoms with Gasteiger partial charge in [0.2, 0.25) is 17.7 Å². The number of amides is 3. The Bertz CT molecular complexity index is 626. The first kappa shape index (κ1) is 25.6. The first-order valence-corrected chi connectivity index (χ1v) is 10.6. The molecule has 11 nitrogen and oxygen atoms in total. The second-order valence-corrected chi connectivity index (χ2v) is 7.73. The Morgan fingerprint density at radius 3 is 2.36 bits per heavy atom. The highest BCUT2D eigenvalue weighted by molar-refractivity contribution is 8.76. The smallest absolute Gasteiger partial charge is 0.326 e. The van der Waals surface area contributed by atoms with Crippen molar-refractivity contribution in [2.45, 2.75) is 39.2 Å². The van der Waals surface area contributed by atoms with Crippen molar-refractivity contribution in [2.24, 2.45) is 10.2 Å². The second kappa shape index (κ2) is 15.6. The first-order valence-electron chi connectivity index (χ1n) is 8.11. The van der Waals surface area contributed by atoms with E-state index in [1.807, 2.05) is 0 Å². The number of hydrogen-bond acceptors (Lipinski definition) is 9. The minimum absolute atomic E-state index is 0.00502. The molecule has 0 aliphatic carbocycles. The van der Waals surface area contributed by atoms with Crippen LogP contribution in [0.15, 0.2) is 10.2 Å². The molecule has 0 bridgehead atoms. The van der Waals surface area contributed by atoms with Gasteiger partial charge in [0.15, 0.2) is 5.78 Å². The fraction of sp³-hybridized carbons (Fsp3) is 0.533. The minimum atomic E-state index is -1.23. The molecule has 1 atom stereocenters. The Morgan fingerprint density at radius 1 is 1.04 bits per heavy atom. The number of carbonyl (C=O) groups excluding carboxylic acids is 4. The quantitative estimate of drug-likeness (QED) is 0.128. The van der Waals surface area contributed by atoms with Crippen molar-refractivity contribution in [1.82, 2.24) is 16.2 Å². The van der Waals surface area contributed by atoms with Gasteiger partial charge in [-0.3, -0.25) is 19.2 Å². The number of nitrogens with one attached hydrogen (secondary N) is 3. The molecule has 0 heterocycles. The number of carbonyl (C=O) groups is 5. The van der Waals surface area contributed by atoms with Gasteiger partial charge in [-0.15, -0.1) is 0 Å². The van der Waals surface area contributed by atoms with Crippen LogP contribution >= 0.6 is 21.6 Å². The third kappa shape index (κ3) is 14.7. The van der Waals surface area contributed by atoms with E-state index in [0.29, 0.717) is 5.75 Å². The lowest BCUT2D eigenvalue weighted by molar-refractivity contribution is -0.141. The summed E-state index contributed by atoms with van der Waals surface area (Å²) in [6, 6.07) is -1.18. The summed E-state index contributed by atoms with van der Waals surface area (Å²) in [5.74, 6) is -2.41. The number of carboxylic acids is 1. The molecule has 156 valence electrons. The highest BCUT2D eigenvalue weighted by Gasteiger charge is 2.20. The summed E-state index contributed by atoms with van der Waals surface area (Å²) in [6.45, 7) is 2.88. The van der Waals surface area contributed by atoms with Crippen LogP contribution in [0.3, 0.4) is 0 Å². The molecule has 3 amide bonds. The van der Waals surface area contributed by atoms with E-state index in [1.165, 1.54) is 34.7 Å². The largest absolute Gasteiger partial charge is 0.480 e. The van der Waals surface area contributed by atoms with Gasteiger partial charge in [-0.2, -0.15) is 10.2 Å². The van der Waals surface area contributed by atoms with Crippen molar-refractivity contribution < 1.29 is 29.1 Å². The molecule has 4 N–H and O–H groups in total. The summed E-state index contributed by atoms with van der Waals surface area (Å²) in [6.07, 6.45) is 2.41. The van der Waals surface area contributed by atoms with Gasteiger partial charge in [0.05, 0.1) is 12.0 Å². The van der Waals surface area contributed by atoms with Crippen LogP contribution in [-0.2, 0) is 24.0 Å². The third-order valence-corrected chi connectivity index (χ3v) is 5.02. The van der Waals surface area contributed by atoms with E-state index >= 15 is 0 Å². The molecule has 0 saturated carbocycles. The number of hydrazone groups is 2. The monoisotopic (exact) mass is 433 g/mol. The van der Waals surface area contributed by atoms with E-state index in [1.54, 1.807) is 6.92 Å². The van der Waals surface area contributed by atoms with E-state index in [4.69, 9.17) is 5.11 Å². The summed E-state index contributed by atoms with van der Waals surface area (Å²) in [5, 5.41) is 18.5. The molecule has 13 heteroatoms. The van der Waals surface area contributed by atoms with Gasteiger partial charge in [0.25, 0.3) is 0 Å². The molecular weight excluding hydrogens is 410 g/mol. The fourth-order valence-electron chi connectivity index (χ4n) is 1.52. The number of rotatable bonds is 14. The van der Waals surface area contributed by atoms with Crippen molar-refractivity contribution in [3.63, 3.8) is 0 Å². The van der Waals surface area contributed by atoms with Gasteiger partial charge < -0.3 is 10.4 Å². The number of Topliss-reactive ketones (excluding diaryl/α,β-unsaturated/α-hetero) is 1. The summed E-state index contributed by atoms with van der Waals surface area (Å²) in [4.78, 5) is 56.4. The normalized spacial score (nSPS) is 11.9. The van der Waals surface area contributed by atoms with Gasteiger partial charge >= 0.3 is 5.97 Å². The Balaban J connectivity index is 4.04. The van der Waals surface area contributed by atoms with Crippen molar-refractivity contribution in [2.75, 3.05) is 11.5 Å². The number of nitrogens with zero attached hydrogens (tertiary/aromatic N) is 2. The topological polar surface area (TPSA) is 166 Å². The zero-order chi connectivity index (χ0) is 21.4. The average molecular weight is 434 g/mol. The summed E-state index contributed by atoms with van der Waals surface area (Å²) in [7, 11) is 2.44. The number of carboxylic acid groups (broad SMARTS) is 1. The van der Waals surface area contributed by atoms with Crippen LogP contribution in [0.5, 0.6) is 0 Å². The van der Waals surface area contributed by atoms with Crippen LogP contribution in [0.25, 0.3) is 0 Å². The Labute approximate surface area is 169 Å². The first-order chi connectivity index (χ1) is 13.3. The minimum Gasteiger partial charge on any atom is -0.480 e. The zero-order valence-electron chi connectivity index (χ0n) is 15.5. The van der Waals surface area contributed by atoms with Gasteiger partial charge in [-0.05, 0) is 13.3 Å². The molecule has 0 aromatic rings. The Hall–Kier alpha value is -2.41. The summed E-state index contributed by atoms with van der Waals surface area (Å²) < 4.78 is 0. The lowest BCUT2D eigenvalue weighted by atomic mass is 10.1. The number of aliphatic carboxylic acids is 1. The predicted molar refractivity (Wildman–Crippen MR) is 108 cm³/mol.